The van der Waals surface area contributed by atoms with Crippen LogP contribution in [0.4, 0.5) is 18.9 Å². The van der Waals surface area contributed by atoms with Crippen molar-refractivity contribution in [2.75, 3.05) is 18.4 Å². The molecule has 2 amide bonds. The lowest BCUT2D eigenvalue weighted by atomic mass is 9.92. The zero-order valence-corrected chi connectivity index (χ0v) is 16.7. The van der Waals surface area contributed by atoms with Crippen molar-refractivity contribution < 1.29 is 27.5 Å². The average Bonchev–Trinajstić information content (AvgIpc) is 3.01. The number of amides is 2. The standard InChI is InChI=1S/C22H23F3N2O3/c1-13(2)18-8-14(6-7-19(18)30-22(24)25)15-9-21(29)27(11-15)12-20(28)26-17-5-3-4-16(23)10-17/h3-8,10,13,15,22H,9,11-12H2,1-2H3,(H,26,28)/t15-/m1/s1. The molecule has 1 N–H and O–H groups in total. The summed E-state index contributed by atoms with van der Waals surface area (Å²) in [4.78, 5) is 26.1. The molecule has 160 valence electrons. The third kappa shape index (κ3) is 5.31. The van der Waals surface area contributed by atoms with Crippen molar-refractivity contribution in [3.05, 3.63) is 59.4 Å². The molecule has 1 aliphatic heterocycles. The number of rotatable bonds is 7. The van der Waals surface area contributed by atoms with Gasteiger partial charge in [-0.3, -0.25) is 9.59 Å². The molecule has 0 spiro atoms. The number of alkyl halides is 2. The molecule has 3 rings (SSSR count). The molecule has 0 radical (unpaired) electrons. The van der Waals surface area contributed by atoms with Gasteiger partial charge in [-0.15, -0.1) is 0 Å². The maximum atomic E-state index is 13.2. The highest BCUT2D eigenvalue weighted by Crippen LogP contribution is 2.34. The molecule has 8 heteroatoms. The molecule has 5 nitrogen and oxygen atoms in total. The Hall–Kier alpha value is -3.03. The third-order valence-corrected chi connectivity index (χ3v) is 5.00. The zero-order chi connectivity index (χ0) is 21.8. The normalized spacial score (nSPS) is 16.4. The molecule has 1 fully saturated rings. The van der Waals surface area contributed by atoms with Gasteiger partial charge in [0.15, 0.2) is 0 Å². The lowest BCUT2D eigenvalue weighted by Gasteiger charge is -2.19. The summed E-state index contributed by atoms with van der Waals surface area (Å²) in [6.45, 7) is 1.03. The number of carbonyl (C=O) groups is 2. The van der Waals surface area contributed by atoms with Crippen molar-refractivity contribution in [1.29, 1.82) is 0 Å². The van der Waals surface area contributed by atoms with Gasteiger partial charge < -0.3 is 15.0 Å². The largest absolute Gasteiger partial charge is 0.435 e. The number of ether oxygens (including phenoxy) is 1. The van der Waals surface area contributed by atoms with E-state index in [4.69, 9.17) is 0 Å². The Balaban J connectivity index is 1.67. The number of benzene rings is 2. The molecule has 30 heavy (non-hydrogen) atoms. The maximum Gasteiger partial charge on any atom is 0.387 e. The van der Waals surface area contributed by atoms with Gasteiger partial charge in [0.25, 0.3) is 0 Å². The zero-order valence-electron chi connectivity index (χ0n) is 16.7. The highest BCUT2D eigenvalue weighted by molar-refractivity contribution is 5.95. The van der Waals surface area contributed by atoms with Gasteiger partial charge in [0.2, 0.25) is 11.8 Å². The summed E-state index contributed by atoms with van der Waals surface area (Å²) >= 11 is 0. The Bertz CT molecular complexity index is 934. The van der Waals surface area contributed by atoms with Crippen molar-refractivity contribution in [3.63, 3.8) is 0 Å². The van der Waals surface area contributed by atoms with Crippen molar-refractivity contribution >= 4 is 17.5 Å². The molecule has 0 unspecified atom stereocenters. The van der Waals surface area contributed by atoms with Crippen molar-refractivity contribution in [2.45, 2.75) is 38.7 Å². The van der Waals surface area contributed by atoms with Crippen molar-refractivity contribution in [2.24, 2.45) is 0 Å². The molecular formula is C22H23F3N2O3. The second kappa shape index (κ2) is 9.19. The summed E-state index contributed by atoms with van der Waals surface area (Å²) in [6, 6.07) is 10.5. The molecule has 0 aliphatic carbocycles. The van der Waals surface area contributed by atoms with Crippen LogP contribution in [-0.4, -0.2) is 36.4 Å². The Morgan fingerprint density at radius 1 is 1.23 bits per heavy atom. The van der Waals surface area contributed by atoms with E-state index in [9.17, 15) is 22.8 Å². The number of halogens is 3. The summed E-state index contributed by atoms with van der Waals surface area (Å²) in [7, 11) is 0. The van der Waals surface area contributed by atoms with Crippen LogP contribution in [0.25, 0.3) is 0 Å². The minimum absolute atomic E-state index is 0.0380. The monoisotopic (exact) mass is 420 g/mol. The fourth-order valence-corrected chi connectivity index (χ4v) is 3.56. The minimum Gasteiger partial charge on any atom is -0.435 e. The molecule has 0 bridgehead atoms. The van der Waals surface area contributed by atoms with Gasteiger partial charge in [-0.1, -0.05) is 32.0 Å². The highest BCUT2D eigenvalue weighted by Gasteiger charge is 2.32. The van der Waals surface area contributed by atoms with Gasteiger partial charge in [-0.05, 0) is 41.3 Å². The maximum absolute atomic E-state index is 13.2. The van der Waals surface area contributed by atoms with Crippen LogP contribution in [0.3, 0.4) is 0 Å². The van der Waals surface area contributed by atoms with Crippen LogP contribution in [0.1, 0.15) is 43.2 Å². The number of nitrogens with one attached hydrogen (secondary N) is 1. The van der Waals surface area contributed by atoms with Gasteiger partial charge in [-0.2, -0.15) is 8.78 Å². The molecule has 2 aromatic rings. The number of carbonyl (C=O) groups excluding carboxylic acids is 2. The Morgan fingerprint density at radius 3 is 2.67 bits per heavy atom. The Labute approximate surface area is 172 Å². The number of likely N-dealkylation sites (tertiary alicyclic amines) is 1. The van der Waals surface area contributed by atoms with E-state index in [2.05, 4.69) is 10.1 Å². The van der Waals surface area contributed by atoms with Crippen LogP contribution in [0.2, 0.25) is 0 Å². The summed E-state index contributed by atoms with van der Waals surface area (Å²) in [5, 5.41) is 2.57. The van der Waals surface area contributed by atoms with Crippen LogP contribution < -0.4 is 10.1 Å². The molecule has 1 saturated heterocycles. The molecule has 0 saturated carbocycles. The van der Waals surface area contributed by atoms with Crippen LogP contribution in [0, 0.1) is 5.82 Å². The minimum atomic E-state index is -2.91. The van der Waals surface area contributed by atoms with Crippen LogP contribution >= 0.6 is 0 Å². The van der Waals surface area contributed by atoms with Gasteiger partial charge in [0.1, 0.15) is 11.6 Å². The lowest BCUT2D eigenvalue weighted by Crippen LogP contribution is -2.34. The highest BCUT2D eigenvalue weighted by atomic mass is 19.3. The van der Waals surface area contributed by atoms with E-state index in [1.807, 2.05) is 13.8 Å². The van der Waals surface area contributed by atoms with E-state index in [-0.39, 0.29) is 36.5 Å². The van der Waals surface area contributed by atoms with E-state index in [1.54, 1.807) is 18.2 Å². The van der Waals surface area contributed by atoms with Crippen LogP contribution in [-0.2, 0) is 9.59 Å². The second-order valence-corrected chi connectivity index (χ2v) is 7.56. The van der Waals surface area contributed by atoms with E-state index < -0.39 is 18.3 Å². The summed E-state index contributed by atoms with van der Waals surface area (Å²) in [6.07, 6.45) is 0.222. The average molecular weight is 420 g/mol. The van der Waals surface area contributed by atoms with E-state index in [0.29, 0.717) is 17.8 Å². The Kier molecular flexibility index (Phi) is 6.64. The Morgan fingerprint density at radius 2 is 2.00 bits per heavy atom. The first kappa shape index (κ1) is 21.7. The first-order valence-electron chi connectivity index (χ1n) is 9.64. The third-order valence-electron chi connectivity index (χ3n) is 5.00. The van der Waals surface area contributed by atoms with E-state index in [1.165, 1.54) is 29.2 Å². The van der Waals surface area contributed by atoms with E-state index in [0.717, 1.165) is 5.56 Å². The SMILES string of the molecule is CC(C)c1cc([C@@H]2CC(=O)N(CC(=O)Nc3cccc(F)c3)C2)ccc1OC(F)F. The second-order valence-electron chi connectivity index (χ2n) is 7.56. The smallest absolute Gasteiger partial charge is 0.387 e. The topological polar surface area (TPSA) is 58.6 Å². The predicted molar refractivity (Wildman–Crippen MR) is 106 cm³/mol. The molecule has 1 aliphatic rings. The summed E-state index contributed by atoms with van der Waals surface area (Å²) in [5.41, 5.74) is 1.80. The fraction of sp³-hybridized carbons (Fsp3) is 0.364. The molecule has 2 aromatic carbocycles. The van der Waals surface area contributed by atoms with Crippen LogP contribution in [0.5, 0.6) is 5.75 Å². The lowest BCUT2D eigenvalue weighted by molar-refractivity contribution is -0.131. The van der Waals surface area contributed by atoms with Gasteiger partial charge >= 0.3 is 6.61 Å². The van der Waals surface area contributed by atoms with Gasteiger partial charge in [0.05, 0.1) is 6.54 Å². The molecular weight excluding hydrogens is 397 g/mol. The number of hydrogen-bond donors (Lipinski definition) is 1. The molecule has 0 aromatic heterocycles. The van der Waals surface area contributed by atoms with Crippen LogP contribution in [0.15, 0.2) is 42.5 Å². The summed E-state index contributed by atoms with van der Waals surface area (Å²) < 4.78 is 43.1. The fourth-order valence-electron chi connectivity index (χ4n) is 3.56. The molecule has 1 heterocycles. The van der Waals surface area contributed by atoms with E-state index >= 15 is 0 Å². The first-order valence-corrected chi connectivity index (χ1v) is 9.64. The number of anilines is 1. The van der Waals surface area contributed by atoms with Gasteiger partial charge in [0, 0.05) is 24.6 Å². The van der Waals surface area contributed by atoms with Crippen molar-refractivity contribution in [3.8, 4) is 5.75 Å². The summed E-state index contributed by atoms with van der Waals surface area (Å²) in [5.74, 6) is -1.13. The number of nitrogens with zero attached hydrogens (tertiary/aromatic N) is 1. The van der Waals surface area contributed by atoms with Gasteiger partial charge in [-0.25, -0.2) is 4.39 Å². The quantitative estimate of drug-likeness (QED) is 0.717. The molecule has 1 atom stereocenters. The van der Waals surface area contributed by atoms with Crippen molar-refractivity contribution in [1.82, 2.24) is 4.90 Å². The number of hydrogen-bond acceptors (Lipinski definition) is 3. The first-order chi connectivity index (χ1) is 14.2. The predicted octanol–water partition coefficient (Wildman–Crippen LogP) is 4.51.